The van der Waals surface area contributed by atoms with Crippen LogP contribution in [0.15, 0.2) is 0 Å². The second kappa shape index (κ2) is 11.8. The molecule has 0 aliphatic carbocycles. The summed E-state index contributed by atoms with van der Waals surface area (Å²) >= 11 is 0. The third-order valence-corrected chi connectivity index (χ3v) is 4.51. The van der Waals surface area contributed by atoms with Gasteiger partial charge in [0, 0.05) is 13.1 Å². The van der Waals surface area contributed by atoms with E-state index < -0.39 is 24.3 Å². The molecular weight excluding hydrogens is 328 g/mol. The standard InChI is InChI=1S/C14H26N2O2.C3H4O4/c17-14(18)13(11-15-7-3-1-4-8-15)12-16-9-5-2-6-10-16;4-2(5)1-3(6)7/h13H,1-12H2,(H,17,18);1H2,(H,4,5)(H,6,7). The highest BCUT2D eigenvalue weighted by atomic mass is 16.4. The molecule has 25 heavy (non-hydrogen) atoms. The number of piperidine rings is 2. The van der Waals surface area contributed by atoms with Crippen LogP contribution in [-0.2, 0) is 14.4 Å². The van der Waals surface area contributed by atoms with Gasteiger partial charge in [0.15, 0.2) is 0 Å². The van der Waals surface area contributed by atoms with Crippen LogP contribution in [0.1, 0.15) is 44.9 Å². The number of rotatable bonds is 7. The number of aliphatic carboxylic acids is 3. The zero-order chi connectivity index (χ0) is 18.7. The van der Waals surface area contributed by atoms with Gasteiger partial charge in [-0.3, -0.25) is 14.4 Å². The molecule has 2 aliphatic heterocycles. The highest BCUT2D eigenvalue weighted by Crippen LogP contribution is 2.15. The molecule has 8 heteroatoms. The fourth-order valence-corrected chi connectivity index (χ4v) is 3.25. The molecule has 0 spiro atoms. The zero-order valence-electron chi connectivity index (χ0n) is 14.7. The minimum atomic E-state index is -1.31. The molecule has 0 amide bonds. The van der Waals surface area contributed by atoms with Gasteiger partial charge in [0.05, 0.1) is 5.92 Å². The molecule has 2 saturated heterocycles. The SMILES string of the molecule is O=C(O)C(CN1CCCCC1)CN1CCCCC1.O=C(O)CC(=O)O. The van der Waals surface area contributed by atoms with Crippen molar-refractivity contribution in [1.82, 2.24) is 9.80 Å². The molecule has 2 fully saturated rings. The summed E-state index contributed by atoms with van der Waals surface area (Å²) in [4.78, 5) is 34.9. The third-order valence-electron chi connectivity index (χ3n) is 4.51. The Morgan fingerprint density at radius 1 is 0.680 bits per heavy atom. The number of carboxylic acid groups (broad SMARTS) is 3. The number of carboxylic acids is 3. The quantitative estimate of drug-likeness (QED) is 0.581. The molecule has 8 nitrogen and oxygen atoms in total. The van der Waals surface area contributed by atoms with E-state index in [0.717, 1.165) is 39.3 Å². The molecule has 0 atom stereocenters. The van der Waals surface area contributed by atoms with Crippen LogP contribution in [0.3, 0.4) is 0 Å². The Morgan fingerprint density at radius 3 is 1.28 bits per heavy atom. The summed E-state index contributed by atoms with van der Waals surface area (Å²) in [5.41, 5.74) is 0. The molecule has 2 aliphatic rings. The first-order chi connectivity index (χ1) is 11.9. The lowest BCUT2D eigenvalue weighted by Gasteiger charge is -2.33. The van der Waals surface area contributed by atoms with Crippen LogP contribution in [0.5, 0.6) is 0 Å². The molecule has 0 saturated carbocycles. The van der Waals surface area contributed by atoms with Gasteiger partial charge >= 0.3 is 17.9 Å². The first-order valence-electron chi connectivity index (χ1n) is 8.99. The van der Waals surface area contributed by atoms with E-state index in [1.807, 2.05) is 0 Å². The van der Waals surface area contributed by atoms with Crippen LogP contribution in [0, 0.1) is 5.92 Å². The Balaban J connectivity index is 0.000000381. The lowest BCUT2D eigenvalue weighted by Crippen LogP contribution is -2.43. The summed E-state index contributed by atoms with van der Waals surface area (Å²) in [6.07, 6.45) is 6.74. The molecule has 0 unspecified atom stereocenters. The van der Waals surface area contributed by atoms with E-state index in [1.54, 1.807) is 0 Å². The van der Waals surface area contributed by atoms with Crippen molar-refractivity contribution in [3.05, 3.63) is 0 Å². The van der Waals surface area contributed by atoms with Crippen molar-refractivity contribution in [3.63, 3.8) is 0 Å². The minimum Gasteiger partial charge on any atom is -0.481 e. The summed E-state index contributed by atoms with van der Waals surface area (Å²) in [6.45, 7) is 5.83. The average molecular weight is 358 g/mol. The van der Waals surface area contributed by atoms with E-state index in [9.17, 15) is 19.5 Å². The molecule has 0 aromatic heterocycles. The summed E-state index contributed by atoms with van der Waals surface area (Å²) < 4.78 is 0. The van der Waals surface area contributed by atoms with E-state index in [0.29, 0.717) is 0 Å². The van der Waals surface area contributed by atoms with Gasteiger partial charge in [-0.2, -0.15) is 0 Å². The van der Waals surface area contributed by atoms with E-state index in [-0.39, 0.29) is 5.92 Å². The van der Waals surface area contributed by atoms with Crippen molar-refractivity contribution < 1.29 is 29.7 Å². The normalized spacial score (nSPS) is 19.1. The molecular formula is C17H30N2O6. The molecule has 2 rings (SSSR count). The summed E-state index contributed by atoms with van der Waals surface area (Å²) in [5.74, 6) is -3.45. The Labute approximate surface area is 148 Å². The maximum Gasteiger partial charge on any atom is 0.314 e. The Hall–Kier alpha value is -1.67. The average Bonchev–Trinajstić information content (AvgIpc) is 2.55. The highest BCUT2D eigenvalue weighted by molar-refractivity contribution is 5.88. The second-order valence-corrected chi connectivity index (χ2v) is 6.72. The topological polar surface area (TPSA) is 118 Å². The molecule has 0 aromatic rings. The second-order valence-electron chi connectivity index (χ2n) is 6.72. The van der Waals surface area contributed by atoms with Crippen molar-refractivity contribution in [2.24, 2.45) is 5.92 Å². The van der Waals surface area contributed by atoms with E-state index in [4.69, 9.17) is 10.2 Å². The third kappa shape index (κ3) is 10.0. The predicted molar refractivity (Wildman–Crippen MR) is 91.6 cm³/mol. The first-order valence-corrected chi connectivity index (χ1v) is 8.99. The fourth-order valence-electron chi connectivity index (χ4n) is 3.25. The zero-order valence-corrected chi connectivity index (χ0v) is 14.7. The Kier molecular flexibility index (Phi) is 10.1. The van der Waals surface area contributed by atoms with Crippen LogP contribution in [0.25, 0.3) is 0 Å². The highest BCUT2D eigenvalue weighted by Gasteiger charge is 2.25. The molecule has 2 heterocycles. The van der Waals surface area contributed by atoms with Gasteiger partial charge < -0.3 is 25.1 Å². The molecule has 0 aromatic carbocycles. The molecule has 3 N–H and O–H groups in total. The summed E-state index contributed by atoms with van der Waals surface area (Å²) in [7, 11) is 0. The van der Waals surface area contributed by atoms with Gasteiger partial charge in [-0.15, -0.1) is 0 Å². The molecule has 0 radical (unpaired) electrons. The van der Waals surface area contributed by atoms with Gasteiger partial charge in [-0.25, -0.2) is 0 Å². The van der Waals surface area contributed by atoms with Crippen molar-refractivity contribution in [3.8, 4) is 0 Å². The predicted octanol–water partition coefficient (Wildman–Crippen LogP) is 1.20. The molecule has 144 valence electrons. The Morgan fingerprint density at radius 2 is 1.04 bits per heavy atom. The van der Waals surface area contributed by atoms with Crippen molar-refractivity contribution >= 4 is 17.9 Å². The van der Waals surface area contributed by atoms with E-state index in [1.165, 1.54) is 38.5 Å². The summed E-state index contributed by atoms with van der Waals surface area (Å²) in [5, 5.41) is 24.8. The van der Waals surface area contributed by atoms with Crippen LogP contribution in [0.2, 0.25) is 0 Å². The van der Waals surface area contributed by atoms with Gasteiger partial charge in [0.1, 0.15) is 6.42 Å². The van der Waals surface area contributed by atoms with Crippen molar-refractivity contribution in [2.45, 2.75) is 44.9 Å². The summed E-state index contributed by atoms with van der Waals surface area (Å²) in [6, 6.07) is 0. The smallest absolute Gasteiger partial charge is 0.314 e. The number of hydrogen-bond donors (Lipinski definition) is 3. The lowest BCUT2D eigenvalue weighted by atomic mass is 10.0. The van der Waals surface area contributed by atoms with Crippen LogP contribution < -0.4 is 0 Å². The number of hydrogen-bond acceptors (Lipinski definition) is 5. The first kappa shape index (κ1) is 21.4. The van der Waals surface area contributed by atoms with Gasteiger partial charge in [-0.05, 0) is 51.9 Å². The van der Waals surface area contributed by atoms with Crippen LogP contribution >= 0.6 is 0 Å². The minimum absolute atomic E-state index is 0.207. The maximum atomic E-state index is 11.4. The van der Waals surface area contributed by atoms with Crippen LogP contribution in [-0.4, -0.2) is 82.3 Å². The van der Waals surface area contributed by atoms with Gasteiger partial charge in [-0.1, -0.05) is 12.8 Å². The number of nitrogens with zero attached hydrogens (tertiary/aromatic N) is 2. The van der Waals surface area contributed by atoms with Crippen LogP contribution in [0.4, 0.5) is 0 Å². The maximum absolute atomic E-state index is 11.4. The van der Waals surface area contributed by atoms with Crippen molar-refractivity contribution in [2.75, 3.05) is 39.3 Å². The largest absolute Gasteiger partial charge is 0.481 e. The van der Waals surface area contributed by atoms with Gasteiger partial charge in [0.25, 0.3) is 0 Å². The number of likely N-dealkylation sites (tertiary alicyclic amines) is 2. The molecule has 0 bridgehead atoms. The Bertz CT molecular complexity index is 399. The fraction of sp³-hybridized carbons (Fsp3) is 0.824. The lowest BCUT2D eigenvalue weighted by molar-refractivity contribution is -0.147. The van der Waals surface area contributed by atoms with E-state index >= 15 is 0 Å². The number of carbonyl (C=O) groups is 3. The van der Waals surface area contributed by atoms with Crippen molar-refractivity contribution in [1.29, 1.82) is 0 Å². The van der Waals surface area contributed by atoms with E-state index in [2.05, 4.69) is 9.80 Å². The monoisotopic (exact) mass is 358 g/mol. The van der Waals surface area contributed by atoms with Gasteiger partial charge in [0.2, 0.25) is 0 Å².